The summed E-state index contributed by atoms with van der Waals surface area (Å²) in [4.78, 5) is 21.4. The van der Waals surface area contributed by atoms with Gasteiger partial charge in [0.05, 0.1) is 7.11 Å². The highest BCUT2D eigenvalue weighted by Crippen LogP contribution is 2.29. The second kappa shape index (κ2) is 7.23. The van der Waals surface area contributed by atoms with Crippen LogP contribution in [0.15, 0.2) is 45.5 Å². The van der Waals surface area contributed by atoms with Crippen molar-refractivity contribution in [1.82, 2.24) is 9.88 Å². The summed E-state index contributed by atoms with van der Waals surface area (Å²) in [6.45, 7) is 4.78. The number of pyridine rings is 1. The summed E-state index contributed by atoms with van der Waals surface area (Å²) in [5.74, 6) is 1.97. The van der Waals surface area contributed by atoms with Gasteiger partial charge in [0.1, 0.15) is 17.1 Å². The quantitative estimate of drug-likeness (QED) is 0.632. The van der Waals surface area contributed by atoms with Crippen molar-refractivity contribution in [2.24, 2.45) is 0 Å². The Balaban J connectivity index is 1.53. The maximum Gasteiger partial charge on any atom is 0.289 e. The van der Waals surface area contributed by atoms with Gasteiger partial charge in [0.2, 0.25) is 0 Å². The first-order valence-electron chi connectivity index (χ1n) is 8.81. The van der Waals surface area contributed by atoms with Crippen LogP contribution in [-0.4, -0.2) is 49.1 Å². The number of piperazine rings is 1. The number of para-hydroxylation sites is 1. The summed E-state index contributed by atoms with van der Waals surface area (Å²) < 4.78 is 11.4. The molecule has 0 aliphatic carbocycles. The zero-order valence-corrected chi connectivity index (χ0v) is 16.8. The highest BCUT2D eigenvalue weighted by molar-refractivity contribution is 9.10. The molecule has 0 spiro atoms. The third-order valence-corrected chi connectivity index (χ3v) is 5.32. The van der Waals surface area contributed by atoms with Crippen LogP contribution in [0.25, 0.3) is 10.9 Å². The molecule has 0 bridgehead atoms. The lowest BCUT2D eigenvalue weighted by Gasteiger charge is -2.35. The SMILES string of the molecule is COc1cccc2c(C)cc(N3CCN(C(=O)c4ccc(Br)o4)CC3)nc12. The van der Waals surface area contributed by atoms with Gasteiger partial charge in [0, 0.05) is 31.6 Å². The molecule has 2 aromatic heterocycles. The average molecular weight is 430 g/mol. The summed E-state index contributed by atoms with van der Waals surface area (Å²) in [5.41, 5.74) is 2.03. The number of hydrogen-bond donors (Lipinski definition) is 0. The van der Waals surface area contributed by atoms with Crippen molar-refractivity contribution >= 4 is 38.6 Å². The van der Waals surface area contributed by atoms with Crippen molar-refractivity contribution in [3.63, 3.8) is 0 Å². The molecule has 140 valence electrons. The Hall–Kier alpha value is -2.54. The van der Waals surface area contributed by atoms with Crippen LogP contribution in [0.4, 0.5) is 5.82 Å². The Morgan fingerprint density at radius 3 is 2.63 bits per heavy atom. The predicted octanol–water partition coefficient (Wildman–Crippen LogP) is 3.87. The van der Waals surface area contributed by atoms with Gasteiger partial charge >= 0.3 is 0 Å². The molecule has 7 heteroatoms. The highest BCUT2D eigenvalue weighted by Gasteiger charge is 2.25. The topological polar surface area (TPSA) is 58.8 Å². The lowest BCUT2D eigenvalue weighted by molar-refractivity contribution is 0.0713. The molecule has 3 heterocycles. The minimum atomic E-state index is -0.0790. The molecule has 0 radical (unpaired) electrons. The predicted molar refractivity (Wildman–Crippen MR) is 108 cm³/mol. The van der Waals surface area contributed by atoms with Gasteiger partial charge in [0.15, 0.2) is 10.4 Å². The fourth-order valence-corrected chi connectivity index (χ4v) is 3.73. The Bertz CT molecular complexity index is 993. The number of nitrogens with zero attached hydrogens (tertiary/aromatic N) is 3. The summed E-state index contributed by atoms with van der Waals surface area (Å²) in [7, 11) is 1.66. The van der Waals surface area contributed by atoms with Gasteiger partial charge in [-0.3, -0.25) is 4.79 Å². The first kappa shape index (κ1) is 17.9. The number of furan rings is 1. The van der Waals surface area contributed by atoms with Crippen molar-refractivity contribution in [3.05, 3.63) is 52.4 Å². The van der Waals surface area contributed by atoms with Crippen molar-refractivity contribution < 1.29 is 13.9 Å². The second-order valence-electron chi connectivity index (χ2n) is 6.54. The van der Waals surface area contributed by atoms with Gasteiger partial charge in [-0.25, -0.2) is 4.98 Å². The molecule has 1 fully saturated rings. The number of halogens is 1. The van der Waals surface area contributed by atoms with E-state index in [2.05, 4.69) is 39.9 Å². The normalized spacial score (nSPS) is 14.6. The lowest BCUT2D eigenvalue weighted by Crippen LogP contribution is -2.49. The minimum absolute atomic E-state index is 0.0790. The maximum atomic E-state index is 12.5. The maximum absolute atomic E-state index is 12.5. The van der Waals surface area contributed by atoms with Crippen LogP contribution in [0.5, 0.6) is 5.75 Å². The van der Waals surface area contributed by atoms with Crippen LogP contribution in [0.3, 0.4) is 0 Å². The number of ether oxygens (including phenoxy) is 1. The fourth-order valence-electron chi connectivity index (χ4n) is 3.42. The van der Waals surface area contributed by atoms with Gasteiger partial charge in [0.25, 0.3) is 5.91 Å². The highest BCUT2D eigenvalue weighted by atomic mass is 79.9. The summed E-state index contributed by atoms with van der Waals surface area (Å²) in [6, 6.07) is 11.5. The zero-order chi connectivity index (χ0) is 19.0. The van der Waals surface area contributed by atoms with Crippen molar-refractivity contribution in [3.8, 4) is 5.75 Å². The monoisotopic (exact) mass is 429 g/mol. The second-order valence-corrected chi connectivity index (χ2v) is 7.32. The number of benzene rings is 1. The van der Waals surface area contributed by atoms with Crippen molar-refractivity contribution in [1.29, 1.82) is 0 Å². The van der Waals surface area contributed by atoms with E-state index in [1.54, 1.807) is 19.2 Å². The molecule has 1 aliphatic rings. The van der Waals surface area contributed by atoms with Gasteiger partial charge in [-0.2, -0.15) is 0 Å². The molecule has 0 atom stereocenters. The Morgan fingerprint density at radius 1 is 1.19 bits per heavy atom. The number of anilines is 1. The minimum Gasteiger partial charge on any atom is -0.494 e. The number of amides is 1. The van der Waals surface area contributed by atoms with Crippen molar-refractivity contribution in [2.75, 3.05) is 38.2 Å². The molecule has 1 aromatic carbocycles. The van der Waals surface area contributed by atoms with Crippen LogP contribution in [0, 0.1) is 6.92 Å². The molecule has 1 amide bonds. The van der Waals surface area contributed by atoms with Crippen LogP contribution in [0.1, 0.15) is 16.1 Å². The molecule has 1 saturated heterocycles. The molecule has 1 aliphatic heterocycles. The number of methoxy groups -OCH3 is 1. The number of carbonyl (C=O) groups is 1. The molecule has 0 saturated carbocycles. The van der Waals surface area contributed by atoms with E-state index in [9.17, 15) is 4.79 Å². The standard InChI is InChI=1S/C20H20BrN3O3/c1-13-12-18(22-19-14(13)4-3-5-15(19)26-2)23-8-10-24(11-9-23)20(25)16-6-7-17(21)27-16/h3-7,12H,8-11H2,1-2H3. The molecular weight excluding hydrogens is 410 g/mol. The van der Waals surface area contributed by atoms with Crippen LogP contribution >= 0.6 is 15.9 Å². The number of carbonyl (C=O) groups excluding carboxylic acids is 1. The summed E-state index contributed by atoms with van der Waals surface area (Å²) in [5, 5.41) is 1.09. The fraction of sp³-hybridized carbons (Fsp3) is 0.300. The Labute approximate surface area is 165 Å². The Morgan fingerprint density at radius 2 is 1.96 bits per heavy atom. The molecule has 0 unspecified atom stereocenters. The van der Waals surface area contributed by atoms with E-state index >= 15 is 0 Å². The van der Waals surface area contributed by atoms with E-state index in [1.807, 2.05) is 17.0 Å². The van der Waals surface area contributed by atoms with E-state index in [0.717, 1.165) is 41.1 Å². The van der Waals surface area contributed by atoms with Crippen LogP contribution in [0.2, 0.25) is 0 Å². The first-order valence-corrected chi connectivity index (χ1v) is 9.60. The van der Waals surface area contributed by atoms with E-state index < -0.39 is 0 Å². The molecule has 0 N–H and O–H groups in total. The lowest BCUT2D eigenvalue weighted by atomic mass is 10.1. The largest absolute Gasteiger partial charge is 0.494 e. The van der Waals surface area contributed by atoms with Gasteiger partial charge in [-0.1, -0.05) is 12.1 Å². The third kappa shape index (κ3) is 3.39. The summed E-state index contributed by atoms with van der Waals surface area (Å²) >= 11 is 3.24. The Kier molecular flexibility index (Phi) is 4.78. The summed E-state index contributed by atoms with van der Waals surface area (Å²) in [6.07, 6.45) is 0. The van der Waals surface area contributed by atoms with E-state index in [-0.39, 0.29) is 5.91 Å². The molecule has 4 rings (SSSR count). The molecule has 6 nitrogen and oxygen atoms in total. The smallest absolute Gasteiger partial charge is 0.289 e. The van der Waals surface area contributed by atoms with E-state index in [0.29, 0.717) is 23.5 Å². The zero-order valence-electron chi connectivity index (χ0n) is 15.2. The molecular formula is C20H20BrN3O3. The van der Waals surface area contributed by atoms with Crippen LogP contribution < -0.4 is 9.64 Å². The number of aryl methyl sites for hydroxylation is 1. The average Bonchev–Trinajstić information content (AvgIpc) is 3.13. The van der Waals surface area contributed by atoms with E-state index in [1.165, 1.54) is 0 Å². The van der Waals surface area contributed by atoms with Crippen LogP contribution in [-0.2, 0) is 0 Å². The number of hydrogen-bond acceptors (Lipinski definition) is 5. The van der Waals surface area contributed by atoms with E-state index in [4.69, 9.17) is 14.1 Å². The van der Waals surface area contributed by atoms with Gasteiger partial charge < -0.3 is 19.0 Å². The first-order chi connectivity index (χ1) is 13.1. The molecule has 3 aromatic rings. The third-order valence-electron chi connectivity index (χ3n) is 4.89. The van der Waals surface area contributed by atoms with Crippen molar-refractivity contribution in [2.45, 2.75) is 6.92 Å². The number of aromatic nitrogens is 1. The molecule has 27 heavy (non-hydrogen) atoms. The number of rotatable bonds is 3. The van der Waals surface area contributed by atoms with Gasteiger partial charge in [-0.15, -0.1) is 0 Å². The number of fused-ring (bicyclic) bond motifs is 1. The van der Waals surface area contributed by atoms with Gasteiger partial charge in [-0.05, 0) is 52.7 Å².